The smallest absolute Gasteiger partial charge is 0.248 e. The summed E-state index contributed by atoms with van der Waals surface area (Å²) in [6.45, 7) is 0.914. The monoisotopic (exact) mass is 613 g/mol. The van der Waals surface area contributed by atoms with Crippen LogP contribution in [0.3, 0.4) is 0 Å². The van der Waals surface area contributed by atoms with E-state index in [1.807, 2.05) is 12.1 Å². The zero-order valence-electron chi connectivity index (χ0n) is 19.3. The van der Waals surface area contributed by atoms with Crippen molar-refractivity contribution in [1.82, 2.24) is 9.62 Å². The Labute approximate surface area is 219 Å². The first-order valence-corrected chi connectivity index (χ1v) is 14.6. The summed E-state index contributed by atoms with van der Waals surface area (Å²) in [6, 6.07) is 11.7. The van der Waals surface area contributed by atoms with Gasteiger partial charge < -0.3 is 5.32 Å². The van der Waals surface area contributed by atoms with Gasteiger partial charge in [0, 0.05) is 34.8 Å². The standard InChI is InChI=1S/C25H29FIN3O4S/c26-18-7-6-10-20(17-18)30(23(31)13-16-35(33,34)29-14-15-29)24(21-11-4-5-12-22(21)27)25(32)28-19-8-2-1-3-9-19/h4-7,10-12,17,19,24H,1-3,8-9,13-16H2,(H,28,32)/t24-/m1/s1. The summed E-state index contributed by atoms with van der Waals surface area (Å²) in [5.41, 5.74) is 0.815. The summed E-state index contributed by atoms with van der Waals surface area (Å²) in [7, 11) is -3.54. The highest BCUT2D eigenvalue weighted by atomic mass is 127. The normalized spacial score (nSPS) is 17.5. The minimum atomic E-state index is -3.54. The second kappa shape index (κ2) is 11.3. The van der Waals surface area contributed by atoms with Crippen molar-refractivity contribution in [2.45, 2.75) is 50.6 Å². The first-order chi connectivity index (χ1) is 16.8. The van der Waals surface area contributed by atoms with Crippen LogP contribution in [-0.4, -0.2) is 49.4 Å². The first-order valence-electron chi connectivity index (χ1n) is 11.9. The molecule has 1 N–H and O–H groups in total. The molecule has 0 unspecified atom stereocenters. The van der Waals surface area contributed by atoms with Crippen LogP contribution in [0.15, 0.2) is 48.5 Å². The molecule has 2 aliphatic rings. The Hall–Kier alpha value is -2.05. The van der Waals surface area contributed by atoms with Crippen LogP contribution in [0.1, 0.15) is 50.1 Å². The Morgan fingerprint density at radius 2 is 1.80 bits per heavy atom. The molecule has 1 aliphatic carbocycles. The van der Waals surface area contributed by atoms with E-state index in [1.54, 1.807) is 18.2 Å². The molecule has 2 amide bonds. The van der Waals surface area contributed by atoms with E-state index in [0.717, 1.165) is 35.7 Å². The van der Waals surface area contributed by atoms with E-state index in [9.17, 15) is 22.4 Å². The van der Waals surface area contributed by atoms with E-state index in [4.69, 9.17) is 0 Å². The molecule has 2 aromatic rings. The van der Waals surface area contributed by atoms with Crippen LogP contribution in [0.2, 0.25) is 0 Å². The van der Waals surface area contributed by atoms with Gasteiger partial charge in [0.15, 0.2) is 0 Å². The SMILES string of the molecule is O=C(NC1CCCCC1)[C@@H](c1ccccc1I)N(C(=O)CCS(=O)(=O)N1CC1)c1cccc(F)c1. The maximum Gasteiger partial charge on any atom is 0.248 e. The minimum Gasteiger partial charge on any atom is -0.351 e. The van der Waals surface area contributed by atoms with Gasteiger partial charge in [0.25, 0.3) is 0 Å². The van der Waals surface area contributed by atoms with Crippen molar-refractivity contribution >= 4 is 50.1 Å². The van der Waals surface area contributed by atoms with Crippen LogP contribution in [0, 0.1) is 9.39 Å². The van der Waals surface area contributed by atoms with Crippen molar-refractivity contribution in [3.05, 3.63) is 63.5 Å². The number of carbonyl (C=O) groups is 2. The molecule has 1 atom stereocenters. The summed E-state index contributed by atoms with van der Waals surface area (Å²) in [4.78, 5) is 28.6. The van der Waals surface area contributed by atoms with Gasteiger partial charge in [-0.05, 0) is 65.3 Å². The Morgan fingerprint density at radius 1 is 1.09 bits per heavy atom. The van der Waals surface area contributed by atoms with Crippen LogP contribution in [0.4, 0.5) is 10.1 Å². The third-order valence-electron chi connectivity index (χ3n) is 6.39. The highest BCUT2D eigenvalue weighted by Crippen LogP contribution is 2.32. The van der Waals surface area contributed by atoms with Gasteiger partial charge >= 0.3 is 0 Å². The molecule has 0 radical (unpaired) electrons. The molecule has 0 aromatic heterocycles. The van der Waals surface area contributed by atoms with Gasteiger partial charge in [-0.2, -0.15) is 4.31 Å². The number of nitrogens with one attached hydrogen (secondary N) is 1. The van der Waals surface area contributed by atoms with E-state index >= 15 is 0 Å². The van der Waals surface area contributed by atoms with Gasteiger partial charge in [0.1, 0.15) is 11.9 Å². The lowest BCUT2D eigenvalue weighted by Gasteiger charge is -2.34. The number of halogens is 2. The molecule has 2 fully saturated rings. The molecule has 1 aliphatic heterocycles. The van der Waals surface area contributed by atoms with Crippen molar-refractivity contribution in [2.75, 3.05) is 23.7 Å². The van der Waals surface area contributed by atoms with Gasteiger partial charge in [0.05, 0.1) is 5.75 Å². The lowest BCUT2D eigenvalue weighted by molar-refractivity contribution is -0.127. The van der Waals surface area contributed by atoms with Gasteiger partial charge in [-0.1, -0.05) is 43.5 Å². The Morgan fingerprint density at radius 3 is 2.46 bits per heavy atom. The zero-order valence-corrected chi connectivity index (χ0v) is 22.3. The quantitative estimate of drug-likeness (QED) is 0.343. The Kier molecular flexibility index (Phi) is 8.43. The average Bonchev–Trinajstić information content (AvgIpc) is 3.69. The molecule has 0 spiro atoms. The number of hydrogen-bond acceptors (Lipinski definition) is 4. The van der Waals surface area contributed by atoms with E-state index in [-0.39, 0.29) is 29.8 Å². The Bertz CT molecular complexity index is 1180. The molecule has 1 saturated carbocycles. The minimum absolute atomic E-state index is 0.00706. The van der Waals surface area contributed by atoms with Gasteiger partial charge in [0.2, 0.25) is 21.8 Å². The number of anilines is 1. The van der Waals surface area contributed by atoms with Crippen molar-refractivity contribution in [3.8, 4) is 0 Å². The number of hydrogen-bond donors (Lipinski definition) is 1. The summed E-state index contributed by atoms with van der Waals surface area (Å²) in [6.07, 6.45) is 4.61. The van der Waals surface area contributed by atoms with Gasteiger partial charge in [-0.25, -0.2) is 12.8 Å². The lowest BCUT2D eigenvalue weighted by Crippen LogP contribution is -2.48. The molecular formula is C25H29FIN3O4S. The van der Waals surface area contributed by atoms with Crippen LogP contribution < -0.4 is 10.2 Å². The number of sulfonamides is 1. The number of nitrogens with zero attached hydrogens (tertiary/aromatic N) is 2. The van der Waals surface area contributed by atoms with Gasteiger partial charge in [-0.3, -0.25) is 14.5 Å². The number of carbonyl (C=O) groups excluding carboxylic acids is 2. The van der Waals surface area contributed by atoms with Crippen molar-refractivity contribution < 1.29 is 22.4 Å². The van der Waals surface area contributed by atoms with Gasteiger partial charge in [-0.15, -0.1) is 0 Å². The first kappa shape index (κ1) is 26.0. The van der Waals surface area contributed by atoms with E-state index < -0.39 is 27.8 Å². The zero-order chi connectivity index (χ0) is 25.0. The lowest BCUT2D eigenvalue weighted by atomic mass is 9.94. The summed E-state index contributed by atoms with van der Waals surface area (Å²) in [5, 5.41) is 3.11. The predicted molar refractivity (Wildman–Crippen MR) is 141 cm³/mol. The van der Waals surface area contributed by atoms with Crippen molar-refractivity contribution in [1.29, 1.82) is 0 Å². The fraction of sp³-hybridized carbons (Fsp3) is 0.440. The molecule has 0 bridgehead atoms. The molecule has 188 valence electrons. The molecule has 2 aromatic carbocycles. The fourth-order valence-electron chi connectivity index (χ4n) is 4.47. The number of rotatable bonds is 9. The van der Waals surface area contributed by atoms with Crippen molar-refractivity contribution in [2.24, 2.45) is 0 Å². The molecule has 7 nitrogen and oxygen atoms in total. The summed E-state index contributed by atoms with van der Waals surface area (Å²) >= 11 is 2.12. The topological polar surface area (TPSA) is 86.6 Å². The highest BCUT2D eigenvalue weighted by Gasteiger charge is 2.37. The maximum atomic E-state index is 14.3. The number of amides is 2. The van der Waals surface area contributed by atoms with E-state index in [0.29, 0.717) is 18.7 Å². The summed E-state index contributed by atoms with van der Waals surface area (Å²) in [5.74, 6) is -1.82. The van der Waals surface area contributed by atoms with E-state index in [1.165, 1.54) is 27.4 Å². The fourth-order valence-corrected chi connectivity index (χ4v) is 6.48. The third kappa shape index (κ3) is 6.59. The summed E-state index contributed by atoms with van der Waals surface area (Å²) < 4.78 is 41.2. The second-order valence-electron chi connectivity index (χ2n) is 8.98. The molecule has 1 heterocycles. The van der Waals surface area contributed by atoms with Crippen LogP contribution in [0.5, 0.6) is 0 Å². The van der Waals surface area contributed by atoms with Crippen LogP contribution >= 0.6 is 22.6 Å². The van der Waals surface area contributed by atoms with Crippen LogP contribution in [-0.2, 0) is 19.6 Å². The average molecular weight is 613 g/mol. The van der Waals surface area contributed by atoms with Crippen molar-refractivity contribution in [3.63, 3.8) is 0 Å². The largest absolute Gasteiger partial charge is 0.351 e. The predicted octanol–water partition coefficient (Wildman–Crippen LogP) is 3.99. The van der Waals surface area contributed by atoms with Crippen LogP contribution in [0.25, 0.3) is 0 Å². The number of benzene rings is 2. The van der Waals surface area contributed by atoms with E-state index in [2.05, 4.69) is 27.9 Å². The molecule has 10 heteroatoms. The molecule has 4 rings (SSSR count). The third-order valence-corrected chi connectivity index (χ3v) is 9.24. The second-order valence-corrected chi connectivity index (χ2v) is 12.2. The molecule has 35 heavy (non-hydrogen) atoms. The highest BCUT2D eigenvalue weighted by molar-refractivity contribution is 14.1. The molecular weight excluding hydrogens is 584 g/mol. The maximum absolute atomic E-state index is 14.3. The molecule has 1 saturated heterocycles. The Balaban J connectivity index is 1.71.